The Morgan fingerprint density at radius 3 is 2.83 bits per heavy atom. The number of benzene rings is 1. The van der Waals surface area contributed by atoms with Crippen LogP contribution in [0.15, 0.2) is 29.4 Å². The molecular formula is C16H19ClN4OS. The average molecular weight is 351 g/mol. The van der Waals surface area contributed by atoms with E-state index in [2.05, 4.69) is 20.1 Å². The molecule has 0 saturated heterocycles. The van der Waals surface area contributed by atoms with Gasteiger partial charge in [0.2, 0.25) is 5.91 Å². The molecule has 23 heavy (non-hydrogen) atoms. The minimum Gasteiger partial charge on any atom is -0.325 e. The van der Waals surface area contributed by atoms with Crippen LogP contribution in [0.5, 0.6) is 0 Å². The van der Waals surface area contributed by atoms with Crippen LogP contribution in [0, 0.1) is 0 Å². The van der Waals surface area contributed by atoms with Gasteiger partial charge in [0.15, 0.2) is 5.16 Å². The number of hydrogen-bond acceptors (Lipinski definition) is 4. The van der Waals surface area contributed by atoms with E-state index >= 15 is 0 Å². The molecule has 1 aromatic heterocycles. The normalized spacial score (nSPS) is 15.6. The van der Waals surface area contributed by atoms with Gasteiger partial charge in [-0.1, -0.05) is 29.8 Å². The molecule has 1 aliphatic rings. The monoisotopic (exact) mass is 350 g/mol. The predicted molar refractivity (Wildman–Crippen MR) is 93.0 cm³/mol. The van der Waals surface area contributed by atoms with Crippen molar-refractivity contribution in [2.24, 2.45) is 0 Å². The molecule has 3 rings (SSSR count). The summed E-state index contributed by atoms with van der Waals surface area (Å²) in [5, 5.41) is 12.7. The molecule has 1 amide bonds. The maximum absolute atomic E-state index is 12.3. The maximum Gasteiger partial charge on any atom is 0.237 e. The second-order valence-electron chi connectivity index (χ2n) is 5.62. The van der Waals surface area contributed by atoms with E-state index in [1.54, 1.807) is 24.3 Å². The first-order chi connectivity index (χ1) is 11.1. The SMILES string of the molecule is CC(Sc1nnc2n1CCCCC2)C(=O)Nc1ccc(Cl)cc1. The summed E-state index contributed by atoms with van der Waals surface area (Å²) in [6, 6.07) is 7.10. The van der Waals surface area contributed by atoms with Crippen molar-refractivity contribution in [3.05, 3.63) is 35.1 Å². The number of fused-ring (bicyclic) bond motifs is 1. The molecule has 1 aliphatic heterocycles. The van der Waals surface area contributed by atoms with E-state index in [1.165, 1.54) is 18.2 Å². The van der Waals surface area contributed by atoms with Crippen molar-refractivity contribution in [3.8, 4) is 0 Å². The third-order valence-electron chi connectivity index (χ3n) is 3.84. The lowest BCUT2D eigenvalue weighted by Gasteiger charge is -2.12. The quantitative estimate of drug-likeness (QED) is 0.852. The molecule has 1 atom stereocenters. The summed E-state index contributed by atoms with van der Waals surface area (Å²) in [7, 11) is 0. The highest BCUT2D eigenvalue weighted by Crippen LogP contribution is 2.26. The van der Waals surface area contributed by atoms with Gasteiger partial charge in [-0.05, 0) is 44.0 Å². The third-order valence-corrected chi connectivity index (χ3v) is 5.17. The molecule has 1 N–H and O–H groups in total. The fourth-order valence-electron chi connectivity index (χ4n) is 2.53. The van der Waals surface area contributed by atoms with Crippen molar-refractivity contribution < 1.29 is 4.79 Å². The van der Waals surface area contributed by atoms with Crippen molar-refractivity contribution in [2.75, 3.05) is 5.32 Å². The average Bonchev–Trinajstić information content (AvgIpc) is 2.77. The molecule has 7 heteroatoms. The number of nitrogens with one attached hydrogen (secondary N) is 1. The van der Waals surface area contributed by atoms with E-state index in [0.29, 0.717) is 5.02 Å². The summed E-state index contributed by atoms with van der Waals surface area (Å²) < 4.78 is 2.16. The van der Waals surface area contributed by atoms with Gasteiger partial charge in [-0.2, -0.15) is 0 Å². The standard InChI is InChI=1S/C16H19ClN4OS/c1-11(15(22)18-13-8-6-12(17)7-9-13)23-16-20-19-14-5-3-2-4-10-21(14)16/h6-9,11H,2-5,10H2,1H3,(H,18,22). The molecule has 0 fully saturated rings. The van der Waals surface area contributed by atoms with Crippen LogP contribution in [0.3, 0.4) is 0 Å². The lowest BCUT2D eigenvalue weighted by atomic mass is 10.2. The highest BCUT2D eigenvalue weighted by Gasteiger charge is 2.21. The van der Waals surface area contributed by atoms with Gasteiger partial charge in [0.25, 0.3) is 0 Å². The van der Waals surface area contributed by atoms with Gasteiger partial charge >= 0.3 is 0 Å². The first kappa shape index (κ1) is 16.3. The molecule has 0 radical (unpaired) electrons. The number of carbonyl (C=O) groups is 1. The van der Waals surface area contributed by atoms with Gasteiger partial charge in [0.1, 0.15) is 5.82 Å². The van der Waals surface area contributed by atoms with Gasteiger partial charge < -0.3 is 9.88 Å². The Morgan fingerprint density at radius 2 is 2.04 bits per heavy atom. The molecule has 0 aliphatic carbocycles. The van der Waals surface area contributed by atoms with E-state index < -0.39 is 0 Å². The zero-order valence-corrected chi connectivity index (χ0v) is 14.5. The number of halogens is 1. The van der Waals surface area contributed by atoms with Crippen molar-refractivity contribution in [3.63, 3.8) is 0 Å². The van der Waals surface area contributed by atoms with Crippen molar-refractivity contribution >= 4 is 35.0 Å². The number of rotatable bonds is 4. The van der Waals surface area contributed by atoms with Gasteiger partial charge in [0.05, 0.1) is 5.25 Å². The number of thioether (sulfide) groups is 1. The van der Waals surface area contributed by atoms with E-state index in [0.717, 1.165) is 42.5 Å². The first-order valence-electron chi connectivity index (χ1n) is 7.78. The van der Waals surface area contributed by atoms with Crippen molar-refractivity contribution in [2.45, 2.75) is 49.6 Å². The first-order valence-corrected chi connectivity index (χ1v) is 9.04. The largest absolute Gasteiger partial charge is 0.325 e. The molecule has 1 unspecified atom stereocenters. The number of carbonyl (C=O) groups excluding carboxylic acids is 1. The summed E-state index contributed by atoms with van der Waals surface area (Å²) in [6.07, 6.45) is 4.50. The van der Waals surface area contributed by atoms with Crippen molar-refractivity contribution in [1.29, 1.82) is 0 Å². The number of aryl methyl sites for hydroxylation is 1. The van der Waals surface area contributed by atoms with E-state index in [9.17, 15) is 4.79 Å². The Kier molecular flexibility index (Phi) is 5.23. The molecular weight excluding hydrogens is 332 g/mol. The number of aromatic nitrogens is 3. The van der Waals surface area contributed by atoms with Gasteiger partial charge in [-0.15, -0.1) is 10.2 Å². The summed E-state index contributed by atoms with van der Waals surface area (Å²) in [6.45, 7) is 2.82. The van der Waals surface area contributed by atoms with E-state index in [1.807, 2.05) is 6.92 Å². The molecule has 0 spiro atoms. The molecule has 2 heterocycles. The zero-order valence-electron chi connectivity index (χ0n) is 13.0. The second kappa shape index (κ2) is 7.36. The Bertz CT molecular complexity index is 686. The fourth-order valence-corrected chi connectivity index (χ4v) is 3.55. The lowest BCUT2D eigenvalue weighted by Crippen LogP contribution is -2.23. The Morgan fingerprint density at radius 1 is 1.26 bits per heavy atom. The number of anilines is 1. The minimum absolute atomic E-state index is 0.0525. The molecule has 5 nitrogen and oxygen atoms in total. The van der Waals surface area contributed by atoms with Crippen LogP contribution < -0.4 is 5.32 Å². The van der Waals surface area contributed by atoms with Crippen LogP contribution in [-0.4, -0.2) is 25.9 Å². The Hall–Kier alpha value is -1.53. The third kappa shape index (κ3) is 4.06. The summed E-state index contributed by atoms with van der Waals surface area (Å²) in [5.41, 5.74) is 0.743. The maximum atomic E-state index is 12.3. The minimum atomic E-state index is -0.248. The molecule has 0 saturated carbocycles. The van der Waals surface area contributed by atoms with Crippen LogP contribution in [0.25, 0.3) is 0 Å². The highest BCUT2D eigenvalue weighted by molar-refractivity contribution is 8.00. The van der Waals surface area contributed by atoms with E-state index in [4.69, 9.17) is 11.6 Å². The smallest absolute Gasteiger partial charge is 0.237 e. The Labute approximate surface area is 144 Å². The summed E-state index contributed by atoms with van der Waals surface area (Å²) >= 11 is 7.31. The lowest BCUT2D eigenvalue weighted by molar-refractivity contribution is -0.115. The Balaban J connectivity index is 1.64. The fraction of sp³-hybridized carbons (Fsp3) is 0.438. The molecule has 2 aromatic rings. The van der Waals surface area contributed by atoms with E-state index in [-0.39, 0.29) is 11.2 Å². The highest BCUT2D eigenvalue weighted by atomic mass is 35.5. The number of hydrogen-bond donors (Lipinski definition) is 1. The summed E-state index contributed by atoms with van der Waals surface area (Å²) in [5.74, 6) is 0.985. The van der Waals surface area contributed by atoms with Crippen LogP contribution >= 0.6 is 23.4 Å². The molecule has 1 aromatic carbocycles. The predicted octanol–water partition coefficient (Wildman–Crippen LogP) is 3.78. The zero-order chi connectivity index (χ0) is 16.2. The van der Waals surface area contributed by atoms with Crippen LogP contribution in [0.4, 0.5) is 5.69 Å². The van der Waals surface area contributed by atoms with Crippen LogP contribution in [0.1, 0.15) is 32.0 Å². The van der Waals surface area contributed by atoms with Crippen molar-refractivity contribution in [1.82, 2.24) is 14.8 Å². The topological polar surface area (TPSA) is 59.8 Å². The van der Waals surface area contributed by atoms with Crippen LogP contribution in [0.2, 0.25) is 5.02 Å². The van der Waals surface area contributed by atoms with Gasteiger partial charge in [-0.3, -0.25) is 4.79 Å². The van der Waals surface area contributed by atoms with Gasteiger partial charge in [-0.25, -0.2) is 0 Å². The number of nitrogens with zero attached hydrogens (tertiary/aromatic N) is 3. The molecule has 0 bridgehead atoms. The second-order valence-corrected chi connectivity index (χ2v) is 7.36. The van der Waals surface area contributed by atoms with Crippen LogP contribution in [-0.2, 0) is 17.8 Å². The number of amides is 1. The summed E-state index contributed by atoms with van der Waals surface area (Å²) in [4.78, 5) is 12.3. The van der Waals surface area contributed by atoms with Gasteiger partial charge in [0, 0.05) is 23.7 Å². The molecule has 122 valence electrons.